The van der Waals surface area contributed by atoms with Crippen molar-refractivity contribution < 1.29 is 24.1 Å². The molecule has 0 bridgehead atoms. The molecule has 0 aliphatic carbocycles. The van der Waals surface area contributed by atoms with E-state index in [9.17, 15) is 9.90 Å². The molecule has 3 aliphatic heterocycles. The van der Waals surface area contributed by atoms with E-state index in [2.05, 4.69) is 49.9 Å². The number of nitrogens with zero attached hydrogens (tertiary/aromatic N) is 3. The molecule has 0 aromatic heterocycles. The molecule has 8 nitrogen and oxygen atoms in total. The van der Waals surface area contributed by atoms with Crippen LogP contribution in [0, 0.1) is 13.8 Å². The monoisotopic (exact) mass is 535 g/mol. The summed E-state index contributed by atoms with van der Waals surface area (Å²) < 4.78 is 17.1. The highest BCUT2D eigenvalue weighted by molar-refractivity contribution is 5.83. The Balaban J connectivity index is 1.50. The van der Waals surface area contributed by atoms with Gasteiger partial charge in [-0.15, -0.1) is 0 Å². The van der Waals surface area contributed by atoms with Crippen molar-refractivity contribution in [3.8, 4) is 17.2 Å². The second-order valence-corrected chi connectivity index (χ2v) is 11.1. The fourth-order valence-corrected chi connectivity index (χ4v) is 7.00. The van der Waals surface area contributed by atoms with Crippen molar-refractivity contribution in [1.82, 2.24) is 14.7 Å². The first kappa shape index (κ1) is 27.3. The highest BCUT2D eigenvalue weighted by Crippen LogP contribution is 2.51. The third-order valence-electron chi connectivity index (χ3n) is 8.59. The van der Waals surface area contributed by atoms with Gasteiger partial charge < -0.3 is 24.2 Å². The summed E-state index contributed by atoms with van der Waals surface area (Å²) in [6.07, 6.45) is 3.87. The molecule has 2 aromatic carbocycles. The first-order valence-electron chi connectivity index (χ1n) is 13.8. The van der Waals surface area contributed by atoms with Crippen LogP contribution in [0.15, 0.2) is 36.0 Å². The zero-order chi connectivity index (χ0) is 27.9. The van der Waals surface area contributed by atoms with Crippen LogP contribution in [0.3, 0.4) is 0 Å². The maximum absolute atomic E-state index is 14.0. The molecule has 1 atom stereocenters. The number of hydrogen-bond acceptors (Lipinski definition) is 6. The van der Waals surface area contributed by atoms with Crippen LogP contribution in [-0.4, -0.2) is 78.9 Å². The smallest absolute Gasteiger partial charge is 0.325 e. The zero-order valence-corrected chi connectivity index (χ0v) is 24.0. The molecular weight excluding hydrogens is 494 g/mol. The van der Waals surface area contributed by atoms with Crippen molar-refractivity contribution in [2.24, 2.45) is 0 Å². The molecule has 2 aromatic rings. The lowest BCUT2D eigenvalue weighted by Crippen LogP contribution is -2.54. The average molecular weight is 536 g/mol. The third kappa shape index (κ3) is 4.63. The lowest BCUT2D eigenvalue weighted by molar-refractivity contribution is 0.0746. The molecule has 1 unspecified atom stereocenters. The van der Waals surface area contributed by atoms with Gasteiger partial charge in [0.2, 0.25) is 5.75 Å². The van der Waals surface area contributed by atoms with Crippen molar-refractivity contribution in [1.29, 1.82) is 0 Å². The number of piperidine rings is 1. The van der Waals surface area contributed by atoms with Gasteiger partial charge in [0, 0.05) is 43.4 Å². The van der Waals surface area contributed by atoms with Gasteiger partial charge >= 0.3 is 6.03 Å². The maximum atomic E-state index is 14.0. The number of allylic oxidation sites excluding steroid dienone is 1. The Hall–Kier alpha value is -3.23. The number of likely N-dealkylation sites (tertiary alicyclic amines) is 1. The van der Waals surface area contributed by atoms with E-state index in [1.165, 1.54) is 16.7 Å². The summed E-state index contributed by atoms with van der Waals surface area (Å²) in [5.74, 6) is 1.78. The molecule has 8 heteroatoms. The van der Waals surface area contributed by atoms with Gasteiger partial charge in [-0.1, -0.05) is 42.3 Å². The van der Waals surface area contributed by atoms with Gasteiger partial charge in [0.1, 0.15) is 0 Å². The van der Waals surface area contributed by atoms with E-state index in [0.717, 1.165) is 49.3 Å². The molecular formula is C31H41N3O5. The van der Waals surface area contributed by atoms with E-state index in [4.69, 9.17) is 14.2 Å². The van der Waals surface area contributed by atoms with E-state index in [0.29, 0.717) is 30.3 Å². The summed E-state index contributed by atoms with van der Waals surface area (Å²) in [6.45, 7) is 9.75. The van der Waals surface area contributed by atoms with Crippen molar-refractivity contribution >= 4 is 6.03 Å². The lowest BCUT2D eigenvalue weighted by Gasteiger charge is -2.44. The van der Waals surface area contributed by atoms with E-state index in [-0.39, 0.29) is 18.6 Å². The number of urea groups is 1. The Kier molecular flexibility index (Phi) is 7.53. The second kappa shape index (κ2) is 10.7. The molecule has 1 spiro atoms. The van der Waals surface area contributed by atoms with Crippen LogP contribution in [0.1, 0.15) is 53.5 Å². The maximum Gasteiger partial charge on any atom is 0.325 e. The number of amides is 2. The van der Waals surface area contributed by atoms with Crippen molar-refractivity contribution in [2.75, 3.05) is 47.6 Å². The fraction of sp³-hybridized carbons (Fsp3) is 0.516. The fourth-order valence-electron chi connectivity index (χ4n) is 7.00. The molecule has 210 valence electrons. The Labute approximate surface area is 231 Å². The minimum atomic E-state index is -0.448. The quantitative estimate of drug-likeness (QED) is 0.559. The molecule has 5 rings (SSSR count). The van der Waals surface area contributed by atoms with Gasteiger partial charge in [0.05, 0.1) is 40.0 Å². The van der Waals surface area contributed by atoms with Crippen LogP contribution >= 0.6 is 0 Å². The van der Waals surface area contributed by atoms with Gasteiger partial charge in [0.15, 0.2) is 11.5 Å². The zero-order valence-electron chi connectivity index (χ0n) is 24.0. The standard InChI is InChI=1S/C31H41N3O5/c1-20-13-21(2)15-23(14-20)18-32-9-7-31(8-10-32)26-16-22(3)27-24(19-33(26)30(36)34(31)11-12-35)17-25(37-4)28(38-5)29(27)39-6/h13-17,22,35H,7-12,18-19H2,1-6H3. The van der Waals surface area contributed by atoms with E-state index < -0.39 is 5.54 Å². The summed E-state index contributed by atoms with van der Waals surface area (Å²) in [5, 5.41) is 9.96. The predicted molar refractivity (Wildman–Crippen MR) is 150 cm³/mol. The summed E-state index contributed by atoms with van der Waals surface area (Å²) in [6, 6.07) is 8.65. The number of β-amino-alcohol motifs (C(OH)–C–C–N with tert-alkyl or cyclic N) is 1. The number of hydrogen-bond donors (Lipinski definition) is 1. The van der Waals surface area contributed by atoms with Gasteiger partial charge in [-0.05, 0) is 43.9 Å². The average Bonchev–Trinajstić information content (AvgIpc) is 3.01. The molecule has 2 fully saturated rings. The van der Waals surface area contributed by atoms with E-state index in [1.807, 2.05) is 15.9 Å². The van der Waals surface area contributed by atoms with Gasteiger partial charge in [-0.2, -0.15) is 0 Å². The number of carbonyl (C=O) groups excluding carboxylic acids is 1. The highest BCUT2D eigenvalue weighted by Gasteiger charge is 2.55. The SMILES string of the molecule is COc1cc2c(c(OC)c1OC)C(C)C=C1N(C2)C(=O)N(CCO)C12CCN(Cc1cc(C)cc(C)c1)CC2. The highest BCUT2D eigenvalue weighted by atomic mass is 16.5. The minimum absolute atomic E-state index is 0.0122. The van der Waals surface area contributed by atoms with Crippen LogP contribution in [-0.2, 0) is 13.1 Å². The second-order valence-electron chi connectivity index (χ2n) is 11.1. The van der Waals surface area contributed by atoms with Crippen molar-refractivity contribution in [3.63, 3.8) is 0 Å². The predicted octanol–water partition coefficient (Wildman–Crippen LogP) is 4.59. The minimum Gasteiger partial charge on any atom is -0.493 e. The molecule has 39 heavy (non-hydrogen) atoms. The third-order valence-corrected chi connectivity index (χ3v) is 8.59. The van der Waals surface area contributed by atoms with Crippen LogP contribution in [0.25, 0.3) is 0 Å². The van der Waals surface area contributed by atoms with Gasteiger partial charge in [0.25, 0.3) is 0 Å². The Morgan fingerprint density at radius 3 is 2.23 bits per heavy atom. The number of methoxy groups -OCH3 is 3. The molecule has 1 N–H and O–H groups in total. The van der Waals surface area contributed by atoms with Crippen molar-refractivity contribution in [2.45, 2.75) is 58.2 Å². The number of rotatable bonds is 7. The molecule has 2 saturated heterocycles. The number of aryl methyl sites for hydroxylation is 2. The van der Waals surface area contributed by atoms with Crippen LogP contribution < -0.4 is 14.2 Å². The van der Waals surface area contributed by atoms with Crippen LogP contribution in [0.5, 0.6) is 17.2 Å². The number of carbonyl (C=O) groups is 1. The summed E-state index contributed by atoms with van der Waals surface area (Å²) in [5.41, 5.74) is 6.47. The largest absolute Gasteiger partial charge is 0.493 e. The van der Waals surface area contributed by atoms with Gasteiger partial charge in [-0.25, -0.2) is 4.79 Å². The van der Waals surface area contributed by atoms with E-state index >= 15 is 0 Å². The van der Waals surface area contributed by atoms with Crippen LogP contribution in [0.4, 0.5) is 4.79 Å². The number of ether oxygens (including phenoxy) is 3. The first-order chi connectivity index (χ1) is 18.8. The van der Waals surface area contributed by atoms with Crippen LogP contribution in [0.2, 0.25) is 0 Å². The molecule has 3 heterocycles. The summed E-state index contributed by atoms with van der Waals surface area (Å²) in [4.78, 5) is 20.3. The lowest BCUT2D eigenvalue weighted by atomic mass is 9.82. The summed E-state index contributed by atoms with van der Waals surface area (Å²) in [7, 11) is 4.87. The Morgan fingerprint density at radius 1 is 0.974 bits per heavy atom. The topological polar surface area (TPSA) is 74.7 Å². The molecule has 3 aliphatic rings. The number of aliphatic hydroxyl groups is 1. The number of aliphatic hydroxyl groups excluding tert-OH is 1. The van der Waals surface area contributed by atoms with Crippen molar-refractivity contribution in [3.05, 3.63) is 63.9 Å². The summed E-state index contributed by atoms with van der Waals surface area (Å²) >= 11 is 0. The molecule has 0 saturated carbocycles. The molecule has 0 radical (unpaired) electrons. The number of benzene rings is 2. The first-order valence-corrected chi connectivity index (χ1v) is 13.8. The Morgan fingerprint density at radius 2 is 1.64 bits per heavy atom. The van der Waals surface area contributed by atoms with Gasteiger partial charge in [-0.3, -0.25) is 9.80 Å². The molecule has 2 amide bonds. The Bertz CT molecular complexity index is 1260. The normalized spacial score (nSPS) is 20.4. The van der Waals surface area contributed by atoms with E-state index in [1.54, 1.807) is 21.3 Å². The number of fused-ring (bicyclic) bond motifs is 3.